The van der Waals surface area contributed by atoms with Crippen LogP contribution < -0.4 is 5.73 Å². The first-order chi connectivity index (χ1) is 8.22. The van der Waals surface area contributed by atoms with Crippen LogP contribution in [0.2, 0.25) is 0 Å². The number of hydrogen-bond acceptors (Lipinski definition) is 3. The summed E-state index contributed by atoms with van der Waals surface area (Å²) in [6.45, 7) is 0.184. The molecule has 92 valence electrons. The molecule has 0 amide bonds. The van der Waals surface area contributed by atoms with E-state index >= 15 is 0 Å². The maximum atomic E-state index is 9.01. The van der Waals surface area contributed by atoms with Gasteiger partial charge in [0.05, 0.1) is 0 Å². The van der Waals surface area contributed by atoms with E-state index in [9.17, 15) is 0 Å². The molecule has 0 radical (unpaired) electrons. The third-order valence-electron chi connectivity index (χ3n) is 2.35. The van der Waals surface area contributed by atoms with Crippen LogP contribution >= 0.6 is 0 Å². The molecule has 1 aromatic carbocycles. The van der Waals surface area contributed by atoms with E-state index in [0.717, 1.165) is 17.5 Å². The van der Waals surface area contributed by atoms with Crippen LogP contribution in [0.4, 0.5) is 0 Å². The second kappa shape index (κ2) is 7.86. The van der Waals surface area contributed by atoms with Crippen LogP contribution in [0, 0.1) is 11.8 Å². The fourth-order valence-electron chi connectivity index (χ4n) is 1.45. The number of hydrogen-bond donors (Lipinski definition) is 3. The van der Waals surface area contributed by atoms with Crippen molar-refractivity contribution in [3.8, 4) is 11.8 Å². The SMILES string of the molecule is NC(O)CCc1cccc(C#CCCCO)c1. The lowest BCUT2D eigenvalue weighted by molar-refractivity contribution is 0.172. The van der Waals surface area contributed by atoms with Crippen molar-refractivity contribution in [3.05, 3.63) is 35.4 Å². The van der Waals surface area contributed by atoms with Gasteiger partial charge >= 0.3 is 0 Å². The van der Waals surface area contributed by atoms with E-state index in [1.807, 2.05) is 24.3 Å². The summed E-state index contributed by atoms with van der Waals surface area (Å²) in [6.07, 6.45) is 1.98. The van der Waals surface area contributed by atoms with Crippen molar-refractivity contribution in [1.29, 1.82) is 0 Å². The molecule has 0 heterocycles. The predicted molar refractivity (Wildman–Crippen MR) is 68.2 cm³/mol. The molecule has 0 bridgehead atoms. The van der Waals surface area contributed by atoms with Crippen molar-refractivity contribution < 1.29 is 10.2 Å². The van der Waals surface area contributed by atoms with E-state index in [-0.39, 0.29) is 6.61 Å². The lowest BCUT2D eigenvalue weighted by Crippen LogP contribution is -2.19. The molecule has 0 saturated carbocycles. The lowest BCUT2D eigenvalue weighted by atomic mass is 10.1. The summed E-state index contributed by atoms with van der Waals surface area (Å²) in [5.74, 6) is 6.06. The molecule has 0 fully saturated rings. The molecule has 3 nitrogen and oxygen atoms in total. The molecular weight excluding hydrogens is 214 g/mol. The van der Waals surface area contributed by atoms with Gasteiger partial charge in [0.25, 0.3) is 0 Å². The zero-order chi connectivity index (χ0) is 12.5. The van der Waals surface area contributed by atoms with Gasteiger partial charge in [0.2, 0.25) is 0 Å². The molecule has 17 heavy (non-hydrogen) atoms. The highest BCUT2D eigenvalue weighted by Crippen LogP contribution is 2.07. The third kappa shape index (κ3) is 6.08. The summed E-state index contributed by atoms with van der Waals surface area (Å²) in [4.78, 5) is 0. The van der Waals surface area contributed by atoms with Gasteiger partial charge in [0.15, 0.2) is 0 Å². The molecule has 3 heteroatoms. The molecule has 1 aromatic rings. The maximum absolute atomic E-state index is 9.01. The molecule has 4 N–H and O–H groups in total. The highest BCUT2D eigenvalue weighted by Gasteiger charge is 1.98. The number of rotatable bonds is 5. The smallest absolute Gasteiger partial charge is 0.102 e. The molecule has 1 atom stereocenters. The fraction of sp³-hybridized carbons (Fsp3) is 0.429. The van der Waals surface area contributed by atoms with Crippen LogP contribution in [0.3, 0.4) is 0 Å². The molecule has 0 aliphatic rings. The summed E-state index contributed by atoms with van der Waals surface area (Å²) < 4.78 is 0. The Morgan fingerprint density at radius 1 is 1.35 bits per heavy atom. The number of aryl methyl sites for hydroxylation is 1. The maximum Gasteiger partial charge on any atom is 0.102 e. The highest BCUT2D eigenvalue weighted by molar-refractivity contribution is 5.37. The summed E-state index contributed by atoms with van der Waals surface area (Å²) in [7, 11) is 0. The minimum absolute atomic E-state index is 0.184. The van der Waals surface area contributed by atoms with E-state index < -0.39 is 6.23 Å². The standard InChI is InChI=1S/C14H19NO2/c15-14(17)9-8-13-7-4-6-12(11-13)5-2-1-3-10-16/h4,6-7,11,14,16-17H,1,3,8-10,15H2. The van der Waals surface area contributed by atoms with Gasteiger partial charge in [0, 0.05) is 18.6 Å². The fourth-order valence-corrected chi connectivity index (χ4v) is 1.45. The van der Waals surface area contributed by atoms with Crippen LogP contribution in [0.1, 0.15) is 30.4 Å². The van der Waals surface area contributed by atoms with Gasteiger partial charge in [-0.05, 0) is 37.0 Å². The number of aliphatic hydroxyl groups is 2. The average Bonchev–Trinajstić information content (AvgIpc) is 2.33. The molecule has 0 aliphatic carbocycles. The Morgan fingerprint density at radius 2 is 2.18 bits per heavy atom. The van der Waals surface area contributed by atoms with Gasteiger partial charge in [-0.1, -0.05) is 24.0 Å². The van der Waals surface area contributed by atoms with Crippen molar-refractivity contribution in [1.82, 2.24) is 0 Å². The van der Waals surface area contributed by atoms with E-state index in [1.165, 1.54) is 0 Å². The van der Waals surface area contributed by atoms with E-state index in [2.05, 4.69) is 11.8 Å². The topological polar surface area (TPSA) is 66.5 Å². The van der Waals surface area contributed by atoms with Gasteiger partial charge in [0.1, 0.15) is 6.23 Å². The highest BCUT2D eigenvalue weighted by atomic mass is 16.3. The quantitative estimate of drug-likeness (QED) is 0.404. The van der Waals surface area contributed by atoms with Crippen LogP contribution in [0.5, 0.6) is 0 Å². The van der Waals surface area contributed by atoms with Gasteiger partial charge in [-0.3, -0.25) is 0 Å². The van der Waals surface area contributed by atoms with Crippen molar-refractivity contribution in [2.75, 3.05) is 6.61 Å². The molecule has 1 rings (SSSR count). The van der Waals surface area contributed by atoms with Gasteiger partial charge in [-0.15, -0.1) is 0 Å². The minimum Gasteiger partial charge on any atom is -0.396 e. The van der Waals surface area contributed by atoms with E-state index in [1.54, 1.807) is 0 Å². The Kier molecular flexibility index (Phi) is 6.34. The molecule has 0 aliphatic heterocycles. The molecule has 0 saturated heterocycles. The Morgan fingerprint density at radius 3 is 2.88 bits per heavy atom. The van der Waals surface area contributed by atoms with Gasteiger partial charge in [-0.2, -0.15) is 0 Å². The molecule has 0 spiro atoms. The third-order valence-corrected chi connectivity index (χ3v) is 2.35. The Balaban J connectivity index is 2.55. The number of aliphatic hydroxyl groups excluding tert-OH is 2. The predicted octanol–water partition coefficient (Wildman–Crippen LogP) is 1.02. The zero-order valence-electron chi connectivity index (χ0n) is 9.89. The van der Waals surface area contributed by atoms with Crippen LogP contribution in [0.15, 0.2) is 24.3 Å². The first-order valence-corrected chi connectivity index (χ1v) is 5.84. The number of unbranched alkanes of at least 4 members (excludes halogenated alkanes) is 1. The van der Waals surface area contributed by atoms with Gasteiger partial charge in [-0.25, -0.2) is 0 Å². The van der Waals surface area contributed by atoms with Crippen molar-refractivity contribution in [2.24, 2.45) is 5.73 Å². The van der Waals surface area contributed by atoms with E-state index in [0.29, 0.717) is 19.3 Å². The number of nitrogens with two attached hydrogens (primary N) is 1. The summed E-state index contributed by atoms with van der Waals surface area (Å²) in [6, 6.07) is 7.91. The number of benzene rings is 1. The zero-order valence-corrected chi connectivity index (χ0v) is 9.89. The normalized spacial score (nSPS) is 11.7. The summed E-state index contributed by atoms with van der Waals surface area (Å²) in [5, 5.41) is 17.6. The molecule has 1 unspecified atom stereocenters. The summed E-state index contributed by atoms with van der Waals surface area (Å²) in [5.41, 5.74) is 7.39. The van der Waals surface area contributed by atoms with Crippen molar-refractivity contribution in [3.63, 3.8) is 0 Å². The van der Waals surface area contributed by atoms with Crippen molar-refractivity contribution >= 4 is 0 Å². The Hall–Kier alpha value is -1.34. The monoisotopic (exact) mass is 233 g/mol. The van der Waals surface area contributed by atoms with Crippen LogP contribution in [0.25, 0.3) is 0 Å². The summed E-state index contributed by atoms with van der Waals surface area (Å²) >= 11 is 0. The first-order valence-electron chi connectivity index (χ1n) is 5.84. The van der Waals surface area contributed by atoms with Crippen molar-refractivity contribution in [2.45, 2.75) is 31.9 Å². The molecule has 0 aromatic heterocycles. The average molecular weight is 233 g/mol. The van der Waals surface area contributed by atoms with E-state index in [4.69, 9.17) is 15.9 Å². The second-order valence-corrected chi connectivity index (χ2v) is 3.94. The lowest BCUT2D eigenvalue weighted by Gasteiger charge is -2.04. The Labute approximate surface area is 102 Å². The second-order valence-electron chi connectivity index (χ2n) is 3.94. The van der Waals surface area contributed by atoms with Gasteiger partial charge < -0.3 is 15.9 Å². The molecular formula is C14H19NO2. The minimum atomic E-state index is -0.755. The Bertz CT molecular complexity index is 391. The first kappa shape index (κ1) is 13.7. The van der Waals surface area contributed by atoms with Crippen LogP contribution in [-0.2, 0) is 6.42 Å². The largest absolute Gasteiger partial charge is 0.396 e. The van der Waals surface area contributed by atoms with Crippen LogP contribution in [-0.4, -0.2) is 23.0 Å².